The Bertz CT molecular complexity index is 218. The fourth-order valence-electron chi connectivity index (χ4n) is 1.84. The van der Waals surface area contributed by atoms with Gasteiger partial charge in [0, 0.05) is 5.92 Å². The van der Waals surface area contributed by atoms with E-state index in [4.69, 9.17) is 4.74 Å². The molecular weight excluding hydrogens is 140 g/mol. The van der Waals surface area contributed by atoms with E-state index in [0.717, 1.165) is 12.8 Å². The van der Waals surface area contributed by atoms with E-state index in [-0.39, 0.29) is 12.1 Å². The standard InChI is InChI=1S/C9H12O2/c1-6-2-3-7-5-9(10)11-8(7)4-6/h4,7-8H,2-3,5H2,1H3/t7-,8+/m0/s1. The summed E-state index contributed by atoms with van der Waals surface area (Å²) in [6, 6.07) is 0. The second-order valence-electron chi connectivity index (χ2n) is 3.47. The summed E-state index contributed by atoms with van der Waals surface area (Å²) in [6.45, 7) is 2.10. The Hall–Kier alpha value is -0.790. The molecule has 0 N–H and O–H groups in total. The second kappa shape index (κ2) is 2.36. The maximum Gasteiger partial charge on any atom is 0.306 e. The molecule has 11 heavy (non-hydrogen) atoms. The number of esters is 1. The van der Waals surface area contributed by atoms with Crippen LogP contribution in [0.4, 0.5) is 0 Å². The third-order valence-electron chi connectivity index (χ3n) is 2.52. The number of rotatable bonds is 0. The molecule has 0 amide bonds. The second-order valence-corrected chi connectivity index (χ2v) is 3.47. The highest BCUT2D eigenvalue weighted by Crippen LogP contribution is 2.33. The normalized spacial score (nSPS) is 36.1. The minimum Gasteiger partial charge on any atom is -0.458 e. The van der Waals surface area contributed by atoms with Gasteiger partial charge in [-0.05, 0) is 25.8 Å². The van der Waals surface area contributed by atoms with Crippen LogP contribution in [-0.2, 0) is 9.53 Å². The van der Waals surface area contributed by atoms with Crippen molar-refractivity contribution < 1.29 is 9.53 Å². The lowest BCUT2D eigenvalue weighted by Gasteiger charge is -2.19. The average Bonchev–Trinajstić information content (AvgIpc) is 2.27. The first-order valence-electron chi connectivity index (χ1n) is 4.12. The van der Waals surface area contributed by atoms with Crippen molar-refractivity contribution >= 4 is 5.97 Å². The van der Waals surface area contributed by atoms with Crippen LogP contribution in [0, 0.1) is 5.92 Å². The van der Waals surface area contributed by atoms with E-state index >= 15 is 0 Å². The van der Waals surface area contributed by atoms with Gasteiger partial charge in [0.05, 0.1) is 6.42 Å². The molecule has 1 aliphatic carbocycles. The third-order valence-corrected chi connectivity index (χ3v) is 2.52. The molecule has 0 spiro atoms. The zero-order valence-electron chi connectivity index (χ0n) is 6.67. The van der Waals surface area contributed by atoms with Crippen LogP contribution >= 0.6 is 0 Å². The number of ether oxygens (including phenoxy) is 1. The van der Waals surface area contributed by atoms with Crippen LogP contribution in [0.15, 0.2) is 11.6 Å². The molecule has 2 nitrogen and oxygen atoms in total. The van der Waals surface area contributed by atoms with Gasteiger partial charge in [0.1, 0.15) is 6.10 Å². The molecule has 0 aromatic carbocycles. The molecule has 1 saturated heterocycles. The smallest absolute Gasteiger partial charge is 0.306 e. The van der Waals surface area contributed by atoms with Crippen molar-refractivity contribution in [3.05, 3.63) is 11.6 Å². The minimum absolute atomic E-state index is 0.0223. The van der Waals surface area contributed by atoms with Crippen LogP contribution in [0.5, 0.6) is 0 Å². The van der Waals surface area contributed by atoms with Crippen LogP contribution in [0.2, 0.25) is 0 Å². The van der Waals surface area contributed by atoms with E-state index in [9.17, 15) is 4.79 Å². The topological polar surface area (TPSA) is 26.3 Å². The van der Waals surface area contributed by atoms with E-state index in [2.05, 4.69) is 13.0 Å². The fourth-order valence-corrected chi connectivity index (χ4v) is 1.84. The molecule has 2 atom stereocenters. The Morgan fingerprint density at radius 1 is 1.64 bits per heavy atom. The zero-order valence-corrected chi connectivity index (χ0v) is 6.67. The van der Waals surface area contributed by atoms with Crippen molar-refractivity contribution in [1.82, 2.24) is 0 Å². The predicted octanol–water partition coefficient (Wildman–Crippen LogP) is 1.66. The van der Waals surface area contributed by atoms with Crippen molar-refractivity contribution in [2.45, 2.75) is 32.3 Å². The molecule has 0 bridgehead atoms. The Morgan fingerprint density at radius 3 is 3.27 bits per heavy atom. The molecule has 0 radical (unpaired) electrons. The molecule has 1 fully saturated rings. The Morgan fingerprint density at radius 2 is 2.45 bits per heavy atom. The fraction of sp³-hybridized carbons (Fsp3) is 0.667. The van der Waals surface area contributed by atoms with E-state index in [1.807, 2.05) is 0 Å². The maximum absolute atomic E-state index is 10.9. The molecule has 0 aromatic rings. The summed E-state index contributed by atoms with van der Waals surface area (Å²) < 4.78 is 5.12. The zero-order chi connectivity index (χ0) is 7.84. The summed E-state index contributed by atoms with van der Waals surface area (Å²) in [7, 11) is 0. The lowest BCUT2D eigenvalue weighted by molar-refractivity contribution is -0.140. The molecule has 0 saturated carbocycles. The molecule has 60 valence electrons. The van der Waals surface area contributed by atoms with Gasteiger partial charge in [0.25, 0.3) is 0 Å². The van der Waals surface area contributed by atoms with Gasteiger partial charge in [0.15, 0.2) is 0 Å². The first kappa shape index (κ1) is 6.89. The van der Waals surface area contributed by atoms with E-state index in [0.29, 0.717) is 12.3 Å². The number of fused-ring (bicyclic) bond motifs is 1. The summed E-state index contributed by atoms with van der Waals surface area (Å²) in [4.78, 5) is 10.9. The molecule has 2 rings (SSSR count). The predicted molar refractivity (Wildman–Crippen MR) is 41.0 cm³/mol. The van der Waals surface area contributed by atoms with Crippen molar-refractivity contribution in [3.8, 4) is 0 Å². The Labute approximate surface area is 66.2 Å². The molecule has 1 aliphatic heterocycles. The minimum atomic E-state index is -0.0223. The van der Waals surface area contributed by atoms with Crippen LogP contribution in [0.25, 0.3) is 0 Å². The number of carbonyl (C=O) groups excluding carboxylic acids is 1. The van der Waals surface area contributed by atoms with Crippen LogP contribution < -0.4 is 0 Å². The molecular formula is C9H12O2. The molecule has 0 unspecified atom stereocenters. The Kier molecular flexibility index (Phi) is 1.48. The Balaban J connectivity index is 2.17. The van der Waals surface area contributed by atoms with Crippen LogP contribution in [-0.4, -0.2) is 12.1 Å². The highest BCUT2D eigenvalue weighted by Gasteiger charge is 2.34. The van der Waals surface area contributed by atoms with Gasteiger partial charge in [-0.1, -0.05) is 5.57 Å². The van der Waals surface area contributed by atoms with Crippen LogP contribution in [0.3, 0.4) is 0 Å². The number of allylic oxidation sites excluding steroid dienone is 1. The quantitative estimate of drug-likeness (QED) is 0.390. The van der Waals surface area contributed by atoms with Gasteiger partial charge in [-0.3, -0.25) is 4.79 Å². The number of hydrogen-bond acceptors (Lipinski definition) is 2. The summed E-state index contributed by atoms with van der Waals surface area (Å²) in [5.41, 5.74) is 1.36. The first-order chi connectivity index (χ1) is 5.25. The SMILES string of the molecule is CC1=C[C@H]2OC(=O)C[C@@H]2CC1. The van der Waals surface area contributed by atoms with Crippen molar-refractivity contribution in [2.24, 2.45) is 5.92 Å². The summed E-state index contributed by atoms with van der Waals surface area (Å²) in [5, 5.41) is 0. The molecule has 2 heteroatoms. The van der Waals surface area contributed by atoms with Gasteiger partial charge in [-0.25, -0.2) is 0 Å². The average molecular weight is 152 g/mol. The van der Waals surface area contributed by atoms with E-state index in [1.165, 1.54) is 5.57 Å². The number of hydrogen-bond donors (Lipinski definition) is 0. The van der Waals surface area contributed by atoms with Gasteiger partial charge in [-0.2, -0.15) is 0 Å². The molecule has 2 aliphatic rings. The molecule has 1 heterocycles. The summed E-state index contributed by atoms with van der Waals surface area (Å²) in [6.07, 6.45) is 5.10. The largest absolute Gasteiger partial charge is 0.458 e. The lowest BCUT2D eigenvalue weighted by atomic mass is 9.87. The maximum atomic E-state index is 10.9. The highest BCUT2D eigenvalue weighted by atomic mass is 16.5. The molecule has 0 aromatic heterocycles. The monoisotopic (exact) mass is 152 g/mol. The van der Waals surface area contributed by atoms with E-state index < -0.39 is 0 Å². The summed E-state index contributed by atoms with van der Waals surface area (Å²) >= 11 is 0. The van der Waals surface area contributed by atoms with E-state index in [1.54, 1.807) is 0 Å². The third kappa shape index (κ3) is 1.17. The van der Waals surface area contributed by atoms with Gasteiger partial charge >= 0.3 is 5.97 Å². The van der Waals surface area contributed by atoms with Gasteiger partial charge in [-0.15, -0.1) is 0 Å². The van der Waals surface area contributed by atoms with Crippen molar-refractivity contribution in [1.29, 1.82) is 0 Å². The lowest BCUT2D eigenvalue weighted by Crippen LogP contribution is -2.17. The van der Waals surface area contributed by atoms with Crippen molar-refractivity contribution in [3.63, 3.8) is 0 Å². The number of carbonyl (C=O) groups is 1. The highest BCUT2D eigenvalue weighted by molar-refractivity contribution is 5.72. The first-order valence-corrected chi connectivity index (χ1v) is 4.12. The summed E-state index contributed by atoms with van der Waals surface area (Å²) in [5.74, 6) is 0.456. The van der Waals surface area contributed by atoms with Crippen molar-refractivity contribution in [2.75, 3.05) is 0 Å². The van der Waals surface area contributed by atoms with Crippen LogP contribution in [0.1, 0.15) is 26.2 Å². The van der Waals surface area contributed by atoms with Gasteiger partial charge in [0.2, 0.25) is 0 Å². The van der Waals surface area contributed by atoms with Gasteiger partial charge < -0.3 is 4.74 Å².